The average molecular weight is 513 g/mol. The van der Waals surface area contributed by atoms with E-state index >= 15 is 0 Å². The van der Waals surface area contributed by atoms with Crippen molar-refractivity contribution >= 4 is 29.1 Å². The molecular formula is C28H33ClN2O5. The smallest absolute Gasteiger partial charge is 0.295 e. The van der Waals surface area contributed by atoms with Gasteiger partial charge in [-0.2, -0.15) is 0 Å². The van der Waals surface area contributed by atoms with Gasteiger partial charge in [0.25, 0.3) is 11.7 Å². The van der Waals surface area contributed by atoms with Gasteiger partial charge in [0.2, 0.25) is 0 Å². The quantitative estimate of drug-likeness (QED) is 0.216. The average Bonchev–Trinajstić information content (AvgIpc) is 3.15. The van der Waals surface area contributed by atoms with Crippen molar-refractivity contribution in [2.45, 2.75) is 32.2 Å². The number of carbonyl (C=O) groups excluding carboxylic acids is 2. The van der Waals surface area contributed by atoms with Gasteiger partial charge in [-0.15, -0.1) is 0 Å². The molecule has 0 radical (unpaired) electrons. The van der Waals surface area contributed by atoms with Crippen LogP contribution in [-0.2, 0) is 14.3 Å². The van der Waals surface area contributed by atoms with Crippen LogP contribution in [0.4, 0.5) is 0 Å². The monoisotopic (exact) mass is 512 g/mol. The topological polar surface area (TPSA) is 79.3 Å². The third-order valence-electron chi connectivity index (χ3n) is 6.60. The van der Waals surface area contributed by atoms with Crippen LogP contribution >= 0.6 is 11.6 Å². The lowest BCUT2D eigenvalue weighted by atomic mass is 9.95. The minimum Gasteiger partial charge on any atom is -0.507 e. The molecule has 2 heterocycles. The molecule has 1 N–H and O–H groups in total. The number of unbranched alkanes of at least 4 members (excludes halogenated alkanes) is 1. The van der Waals surface area contributed by atoms with Gasteiger partial charge in [0.05, 0.1) is 31.4 Å². The molecule has 4 rings (SSSR count). The number of Topliss-reactive ketones (excluding diaryl/α,β-unsaturated/α-hetero) is 1. The summed E-state index contributed by atoms with van der Waals surface area (Å²) >= 11 is 6.10. The highest BCUT2D eigenvalue weighted by atomic mass is 35.5. The molecule has 36 heavy (non-hydrogen) atoms. The van der Waals surface area contributed by atoms with Gasteiger partial charge in [0, 0.05) is 36.8 Å². The van der Waals surface area contributed by atoms with Crippen LogP contribution in [0.3, 0.4) is 0 Å². The first-order chi connectivity index (χ1) is 17.5. The highest BCUT2D eigenvalue weighted by Crippen LogP contribution is 2.40. The summed E-state index contributed by atoms with van der Waals surface area (Å²) in [5.74, 6) is -0.776. The fraction of sp³-hybridized carbons (Fsp3) is 0.429. The van der Waals surface area contributed by atoms with E-state index in [4.69, 9.17) is 21.1 Å². The fourth-order valence-electron chi connectivity index (χ4n) is 4.59. The number of aliphatic hydroxyl groups is 1. The van der Waals surface area contributed by atoms with Gasteiger partial charge in [0.15, 0.2) is 0 Å². The minimum atomic E-state index is -0.688. The number of likely N-dealkylation sites (tertiary alicyclic amines) is 1. The summed E-state index contributed by atoms with van der Waals surface area (Å²) in [7, 11) is 0. The number of halogens is 1. The van der Waals surface area contributed by atoms with Crippen LogP contribution in [0, 0.1) is 0 Å². The number of carbonyl (C=O) groups is 2. The van der Waals surface area contributed by atoms with Crippen LogP contribution < -0.4 is 4.74 Å². The summed E-state index contributed by atoms with van der Waals surface area (Å²) < 4.78 is 11.1. The molecule has 0 aromatic heterocycles. The molecular weight excluding hydrogens is 480 g/mol. The van der Waals surface area contributed by atoms with E-state index in [0.717, 1.165) is 38.0 Å². The lowest BCUT2D eigenvalue weighted by Crippen LogP contribution is -2.38. The predicted molar refractivity (Wildman–Crippen MR) is 139 cm³/mol. The van der Waals surface area contributed by atoms with E-state index in [-0.39, 0.29) is 11.3 Å². The van der Waals surface area contributed by atoms with Gasteiger partial charge in [-0.1, -0.05) is 37.1 Å². The molecule has 2 aromatic carbocycles. The van der Waals surface area contributed by atoms with Gasteiger partial charge in [-0.05, 0) is 54.8 Å². The number of morpholine rings is 1. The van der Waals surface area contributed by atoms with E-state index in [0.29, 0.717) is 49.1 Å². The van der Waals surface area contributed by atoms with Crippen LogP contribution in [0.25, 0.3) is 5.76 Å². The van der Waals surface area contributed by atoms with Crippen molar-refractivity contribution in [2.75, 3.05) is 46.0 Å². The highest BCUT2D eigenvalue weighted by molar-refractivity contribution is 6.46. The van der Waals surface area contributed by atoms with E-state index in [2.05, 4.69) is 11.8 Å². The van der Waals surface area contributed by atoms with Crippen LogP contribution in [0.5, 0.6) is 5.75 Å². The van der Waals surface area contributed by atoms with E-state index < -0.39 is 17.7 Å². The van der Waals surface area contributed by atoms with Crippen LogP contribution in [0.15, 0.2) is 54.1 Å². The zero-order valence-electron chi connectivity index (χ0n) is 20.6. The van der Waals surface area contributed by atoms with E-state index in [1.165, 1.54) is 0 Å². The molecule has 2 fully saturated rings. The number of aliphatic hydroxyl groups excluding tert-OH is 1. The largest absolute Gasteiger partial charge is 0.507 e. The lowest BCUT2D eigenvalue weighted by Gasteiger charge is -2.29. The molecule has 192 valence electrons. The number of hydrogen-bond acceptors (Lipinski definition) is 6. The van der Waals surface area contributed by atoms with Crippen LogP contribution in [-0.4, -0.2) is 72.6 Å². The summed E-state index contributed by atoms with van der Waals surface area (Å²) in [5.41, 5.74) is 1.28. The molecule has 1 unspecified atom stereocenters. The Morgan fingerprint density at radius 1 is 1.03 bits per heavy atom. The maximum Gasteiger partial charge on any atom is 0.295 e. The third kappa shape index (κ3) is 6.09. The molecule has 1 amide bonds. The number of nitrogens with zero attached hydrogens (tertiary/aromatic N) is 2. The summed E-state index contributed by atoms with van der Waals surface area (Å²) in [6, 6.07) is 13.3. The van der Waals surface area contributed by atoms with Crippen molar-refractivity contribution in [2.24, 2.45) is 0 Å². The summed E-state index contributed by atoms with van der Waals surface area (Å²) in [6.07, 6.45) is 2.70. The Labute approximate surface area is 217 Å². The van der Waals surface area contributed by atoms with E-state index in [9.17, 15) is 14.7 Å². The highest BCUT2D eigenvalue weighted by Gasteiger charge is 2.45. The van der Waals surface area contributed by atoms with Crippen molar-refractivity contribution in [3.8, 4) is 5.75 Å². The standard InChI is InChI=1S/C28H33ClN2O5/c1-2-3-17-36-23-11-7-21(8-12-23)26(32)24-25(20-5-9-22(29)10-6-20)31(28(34)27(24)33)14-4-13-30-15-18-35-19-16-30/h5-12,25,32H,2-4,13-19H2,1H3/b26-24+. The number of hydrogen-bond donors (Lipinski definition) is 1. The number of benzene rings is 2. The molecule has 8 heteroatoms. The SMILES string of the molecule is CCCCOc1ccc(/C(O)=C2\C(=O)C(=O)N(CCCN3CCOCC3)C2c2ccc(Cl)cc2)cc1. The molecule has 0 bridgehead atoms. The van der Waals surface area contributed by atoms with Gasteiger partial charge < -0.3 is 19.5 Å². The number of amides is 1. The Bertz CT molecular complexity index is 1080. The molecule has 0 aliphatic carbocycles. The van der Waals surface area contributed by atoms with Crippen molar-refractivity contribution in [1.29, 1.82) is 0 Å². The molecule has 2 aliphatic heterocycles. The Hall–Kier alpha value is -2.87. The Balaban J connectivity index is 1.60. The molecule has 0 spiro atoms. The summed E-state index contributed by atoms with van der Waals surface area (Å²) in [4.78, 5) is 30.2. The first-order valence-corrected chi connectivity index (χ1v) is 12.9. The molecule has 2 aliphatic rings. The summed E-state index contributed by atoms with van der Waals surface area (Å²) in [5, 5.41) is 11.8. The second kappa shape index (κ2) is 12.4. The Kier molecular flexibility index (Phi) is 9.02. The zero-order valence-corrected chi connectivity index (χ0v) is 21.4. The second-order valence-electron chi connectivity index (χ2n) is 9.08. The van der Waals surface area contributed by atoms with Crippen LogP contribution in [0.1, 0.15) is 43.4 Å². The number of ether oxygens (including phenoxy) is 2. The Morgan fingerprint density at radius 3 is 2.39 bits per heavy atom. The van der Waals surface area contributed by atoms with Gasteiger partial charge in [-0.25, -0.2) is 0 Å². The van der Waals surface area contributed by atoms with Crippen molar-refractivity contribution in [3.63, 3.8) is 0 Å². The molecule has 2 aromatic rings. The zero-order chi connectivity index (χ0) is 25.5. The normalized spacial score (nSPS) is 20.2. The first-order valence-electron chi connectivity index (χ1n) is 12.6. The predicted octanol–water partition coefficient (Wildman–Crippen LogP) is 4.66. The van der Waals surface area contributed by atoms with E-state index in [1.807, 2.05) is 0 Å². The molecule has 0 saturated carbocycles. The maximum atomic E-state index is 13.2. The fourth-order valence-corrected chi connectivity index (χ4v) is 4.72. The lowest BCUT2D eigenvalue weighted by molar-refractivity contribution is -0.140. The van der Waals surface area contributed by atoms with Gasteiger partial charge in [-0.3, -0.25) is 14.5 Å². The second-order valence-corrected chi connectivity index (χ2v) is 9.51. The molecule has 7 nitrogen and oxygen atoms in total. The van der Waals surface area contributed by atoms with Crippen molar-refractivity contribution < 1.29 is 24.2 Å². The first kappa shape index (κ1) is 26.2. The Morgan fingerprint density at radius 2 is 1.72 bits per heavy atom. The molecule has 1 atom stereocenters. The number of rotatable bonds is 10. The van der Waals surface area contributed by atoms with E-state index in [1.54, 1.807) is 53.4 Å². The third-order valence-corrected chi connectivity index (χ3v) is 6.85. The van der Waals surface area contributed by atoms with Gasteiger partial charge in [0.1, 0.15) is 11.5 Å². The van der Waals surface area contributed by atoms with Crippen LogP contribution in [0.2, 0.25) is 5.02 Å². The molecule has 2 saturated heterocycles. The summed E-state index contributed by atoms with van der Waals surface area (Å²) in [6.45, 7) is 7.05. The van der Waals surface area contributed by atoms with Crippen molar-refractivity contribution in [3.05, 3.63) is 70.3 Å². The van der Waals surface area contributed by atoms with Crippen molar-refractivity contribution in [1.82, 2.24) is 9.80 Å². The minimum absolute atomic E-state index is 0.0911. The van der Waals surface area contributed by atoms with Gasteiger partial charge >= 0.3 is 0 Å². The maximum absolute atomic E-state index is 13.2. The number of ketones is 1.